The molecule has 0 N–H and O–H groups in total. The highest BCUT2D eigenvalue weighted by atomic mass is 16.6. The summed E-state index contributed by atoms with van der Waals surface area (Å²) < 4.78 is 18.1. The van der Waals surface area contributed by atoms with Crippen LogP contribution in [0.2, 0.25) is 0 Å². The second-order valence-electron chi connectivity index (χ2n) is 7.36. The third kappa shape index (κ3) is 4.20. The van der Waals surface area contributed by atoms with Crippen LogP contribution in [0.15, 0.2) is 87.0 Å². The van der Waals surface area contributed by atoms with Crippen LogP contribution in [0.4, 0.5) is 11.5 Å². The van der Waals surface area contributed by atoms with Crippen molar-refractivity contribution in [2.45, 2.75) is 6.92 Å². The molecular weight excluding hydrogens is 452 g/mol. The van der Waals surface area contributed by atoms with Gasteiger partial charge in [0.2, 0.25) is 0 Å². The number of esters is 1. The first kappa shape index (κ1) is 21.8. The van der Waals surface area contributed by atoms with Crippen LogP contribution in [0.1, 0.15) is 23.0 Å². The fraction of sp³-hybridized carbons (Fsp3) is 0.0800. The first-order valence-electron chi connectivity index (χ1n) is 10.7. The van der Waals surface area contributed by atoms with E-state index in [1.807, 2.05) is 28.8 Å². The van der Waals surface area contributed by atoms with Gasteiger partial charge in [-0.15, -0.1) is 0 Å². The molecule has 0 amide bonds. The van der Waals surface area contributed by atoms with Crippen molar-refractivity contribution in [3.63, 3.8) is 0 Å². The molecule has 174 valence electrons. The van der Waals surface area contributed by atoms with Gasteiger partial charge in [0.05, 0.1) is 35.1 Å². The number of hydrogen-bond acceptors (Lipinski definition) is 8. The lowest BCUT2D eigenvalue weighted by molar-refractivity contribution is -0.384. The highest BCUT2D eigenvalue weighted by Gasteiger charge is 2.22. The van der Waals surface area contributed by atoms with Crippen molar-refractivity contribution in [2.75, 3.05) is 6.61 Å². The fourth-order valence-electron chi connectivity index (χ4n) is 3.61. The van der Waals surface area contributed by atoms with Crippen molar-refractivity contribution in [3.8, 4) is 22.8 Å². The predicted molar refractivity (Wildman–Crippen MR) is 127 cm³/mol. The molecule has 5 aromatic rings. The predicted octanol–water partition coefficient (Wildman–Crippen LogP) is 5.69. The number of imidazole rings is 1. The maximum Gasteiger partial charge on any atom is 0.338 e. The number of pyridine rings is 1. The van der Waals surface area contributed by atoms with E-state index in [0.717, 1.165) is 0 Å². The minimum Gasteiger partial charge on any atom is -0.463 e. The number of carbonyl (C=O) groups is 1. The zero-order valence-corrected chi connectivity index (χ0v) is 18.5. The largest absolute Gasteiger partial charge is 0.463 e. The summed E-state index contributed by atoms with van der Waals surface area (Å²) in [6.07, 6.45) is 4.90. The van der Waals surface area contributed by atoms with Gasteiger partial charge in [-0.05, 0) is 55.5 Å². The Morgan fingerprint density at radius 3 is 2.83 bits per heavy atom. The molecule has 0 radical (unpaired) electrons. The number of carbonyl (C=O) groups excluding carboxylic acids is 1. The minimum absolute atomic E-state index is 0.0914. The van der Waals surface area contributed by atoms with Gasteiger partial charge < -0.3 is 13.6 Å². The number of nitro benzene ring substituents is 1. The number of ether oxygens (including phenoxy) is 1. The van der Waals surface area contributed by atoms with Gasteiger partial charge in [0.1, 0.15) is 17.2 Å². The minimum atomic E-state index is -0.630. The lowest BCUT2D eigenvalue weighted by atomic mass is 10.1. The molecule has 10 nitrogen and oxygen atoms in total. The zero-order chi connectivity index (χ0) is 24.4. The van der Waals surface area contributed by atoms with E-state index in [9.17, 15) is 14.9 Å². The number of rotatable bonds is 7. The second kappa shape index (κ2) is 9.10. The summed E-state index contributed by atoms with van der Waals surface area (Å²) in [5.41, 5.74) is 1.32. The normalized spacial score (nSPS) is 11.3. The van der Waals surface area contributed by atoms with E-state index in [1.54, 1.807) is 37.5 Å². The molecule has 0 fully saturated rings. The van der Waals surface area contributed by atoms with E-state index in [1.165, 1.54) is 24.4 Å². The molecule has 0 aliphatic rings. The first-order chi connectivity index (χ1) is 17.0. The van der Waals surface area contributed by atoms with Crippen molar-refractivity contribution in [3.05, 3.63) is 94.6 Å². The number of fused-ring (bicyclic) bond motifs is 1. The summed E-state index contributed by atoms with van der Waals surface area (Å²) in [7, 11) is 0. The Labute approximate surface area is 198 Å². The summed E-state index contributed by atoms with van der Waals surface area (Å²) >= 11 is 0. The van der Waals surface area contributed by atoms with E-state index in [-0.39, 0.29) is 29.2 Å². The Balaban J connectivity index is 1.49. The molecule has 10 heteroatoms. The average molecular weight is 470 g/mol. The van der Waals surface area contributed by atoms with Gasteiger partial charge in [-0.3, -0.25) is 14.5 Å². The van der Waals surface area contributed by atoms with Crippen molar-refractivity contribution < 1.29 is 23.3 Å². The smallest absolute Gasteiger partial charge is 0.338 e. The Hall–Kier alpha value is -4.99. The summed E-state index contributed by atoms with van der Waals surface area (Å²) in [5.74, 6) is 1.12. The number of aliphatic imine (C=N–C) groups is 1. The monoisotopic (exact) mass is 470 g/mol. The highest BCUT2D eigenvalue weighted by molar-refractivity contribution is 5.92. The Kier molecular flexibility index (Phi) is 5.68. The SMILES string of the molecule is CCOC(=O)c1ccc(-c2ccc(C=Nc3c(-c4ccco4)nc4ccccn34)o2)c([N+](=O)[O-])c1. The number of nitrogens with zero attached hydrogens (tertiary/aromatic N) is 4. The van der Waals surface area contributed by atoms with Gasteiger partial charge >= 0.3 is 5.97 Å². The highest BCUT2D eigenvalue weighted by Crippen LogP contribution is 2.33. The van der Waals surface area contributed by atoms with E-state index >= 15 is 0 Å². The van der Waals surface area contributed by atoms with Crippen LogP contribution in [-0.4, -0.2) is 33.1 Å². The molecule has 0 spiro atoms. The summed E-state index contributed by atoms with van der Waals surface area (Å²) in [4.78, 5) is 32.2. The van der Waals surface area contributed by atoms with Crippen LogP contribution in [0.25, 0.3) is 28.4 Å². The molecule has 5 rings (SSSR count). The Bertz CT molecular complexity index is 1560. The van der Waals surface area contributed by atoms with Crippen molar-refractivity contribution in [1.29, 1.82) is 0 Å². The zero-order valence-electron chi connectivity index (χ0n) is 18.5. The van der Waals surface area contributed by atoms with Crippen molar-refractivity contribution >= 4 is 29.3 Å². The van der Waals surface area contributed by atoms with E-state index in [2.05, 4.69) is 9.98 Å². The van der Waals surface area contributed by atoms with Crippen LogP contribution < -0.4 is 0 Å². The summed E-state index contributed by atoms with van der Waals surface area (Å²) in [6, 6.07) is 16.5. The topological polar surface area (TPSA) is 125 Å². The molecule has 0 bridgehead atoms. The van der Waals surface area contributed by atoms with Crippen LogP contribution in [-0.2, 0) is 4.74 Å². The molecule has 0 saturated heterocycles. The summed E-state index contributed by atoms with van der Waals surface area (Å²) in [6.45, 7) is 1.83. The number of nitro groups is 1. The van der Waals surface area contributed by atoms with E-state index in [0.29, 0.717) is 28.7 Å². The molecule has 0 aliphatic heterocycles. The van der Waals surface area contributed by atoms with E-state index < -0.39 is 10.9 Å². The van der Waals surface area contributed by atoms with Gasteiger partial charge in [0, 0.05) is 12.3 Å². The molecule has 0 saturated carbocycles. The Morgan fingerprint density at radius 2 is 2.06 bits per heavy atom. The molecular formula is C25H18N4O6. The third-order valence-corrected chi connectivity index (χ3v) is 5.17. The van der Waals surface area contributed by atoms with Gasteiger partial charge in [-0.2, -0.15) is 0 Å². The van der Waals surface area contributed by atoms with Gasteiger partial charge in [-0.25, -0.2) is 14.8 Å². The van der Waals surface area contributed by atoms with E-state index in [4.69, 9.17) is 13.6 Å². The molecule has 35 heavy (non-hydrogen) atoms. The fourth-order valence-corrected chi connectivity index (χ4v) is 3.61. The lowest BCUT2D eigenvalue weighted by Gasteiger charge is -2.04. The molecule has 0 atom stereocenters. The van der Waals surface area contributed by atoms with Crippen LogP contribution in [0, 0.1) is 10.1 Å². The summed E-state index contributed by atoms with van der Waals surface area (Å²) in [5, 5.41) is 11.7. The maximum atomic E-state index is 12.0. The number of aromatic nitrogens is 2. The lowest BCUT2D eigenvalue weighted by Crippen LogP contribution is -2.05. The average Bonchev–Trinajstić information content (AvgIpc) is 3.62. The molecule has 4 heterocycles. The van der Waals surface area contributed by atoms with Crippen LogP contribution >= 0.6 is 0 Å². The van der Waals surface area contributed by atoms with Gasteiger partial charge in [0.15, 0.2) is 17.3 Å². The number of hydrogen-bond donors (Lipinski definition) is 0. The second-order valence-corrected chi connectivity index (χ2v) is 7.36. The van der Waals surface area contributed by atoms with Gasteiger partial charge in [-0.1, -0.05) is 6.07 Å². The van der Waals surface area contributed by atoms with Crippen molar-refractivity contribution in [2.24, 2.45) is 4.99 Å². The quantitative estimate of drug-likeness (QED) is 0.129. The molecule has 0 unspecified atom stereocenters. The Morgan fingerprint density at radius 1 is 1.17 bits per heavy atom. The molecule has 4 aromatic heterocycles. The maximum absolute atomic E-state index is 12.0. The third-order valence-electron chi connectivity index (χ3n) is 5.17. The first-order valence-corrected chi connectivity index (χ1v) is 10.7. The molecule has 1 aromatic carbocycles. The standard InChI is InChI=1S/C25H18N4O6/c1-2-33-25(30)16-8-10-18(19(14-16)29(31)32)20-11-9-17(35-20)15-26-24-23(21-6-5-13-34-21)27-22-7-3-4-12-28(22)24/h3-15H,2H2,1H3. The number of benzene rings is 1. The van der Waals surface area contributed by atoms with Crippen molar-refractivity contribution in [1.82, 2.24) is 9.38 Å². The van der Waals surface area contributed by atoms with Gasteiger partial charge in [0.25, 0.3) is 5.69 Å². The number of furan rings is 2. The molecule has 0 aliphatic carbocycles. The van der Waals surface area contributed by atoms with Crippen LogP contribution in [0.5, 0.6) is 0 Å². The van der Waals surface area contributed by atoms with Crippen LogP contribution in [0.3, 0.4) is 0 Å².